The van der Waals surface area contributed by atoms with Gasteiger partial charge in [-0.2, -0.15) is 0 Å². The normalized spacial score (nSPS) is 9.80. The fourth-order valence-electron chi connectivity index (χ4n) is 0.367. The van der Waals surface area contributed by atoms with Gasteiger partial charge in [0.2, 0.25) is 10.9 Å². The van der Waals surface area contributed by atoms with Crippen molar-refractivity contribution in [3.8, 4) is 0 Å². The van der Waals surface area contributed by atoms with Crippen molar-refractivity contribution in [3.63, 3.8) is 0 Å². The van der Waals surface area contributed by atoms with Gasteiger partial charge < -0.3 is 10.8 Å². The molecule has 0 aliphatic rings. The van der Waals surface area contributed by atoms with Crippen LogP contribution >= 0.6 is 0 Å². The van der Waals surface area contributed by atoms with Crippen LogP contribution in [0.15, 0.2) is 0 Å². The molecule has 0 heterocycles. The van der Waals surface area contributed by atoms with Crippen LogP contribution in [0.4, 0.5) is 4.79 Å². The molecule has 0 fully saturated rings. The first-order valence-corrected chi connectivity index (χ1v) is 3.54. The van der Waals surface area contributed by atoms with Gasteiger partial charge in [-0.3, -0.25) is 0 Å². The van der Waals surface area contributed by atoms with E-state index in [-0.39, 0.29) is 6.54 Å². The van der Waals surface area contributed by atoms with Crippen molar-refractivity contribution in [3.05, 3.63) is 0 Å². The molecule has 6 nitrogen and oxygen atoms in total. The van der Waals surface area contributed by atoms with E-state index in [0.29, 0.717) is 4.31 Å². The van der Waals surface area contributed by atoms with Crippen molar-refractivity contribution in [2.24, 2.45) is 5.73 Å². The van der Waals surface area contributed by atoms with E-state index in [9.17, 15) is 13.2 Å². The molecule has 0 saturated carbocycles. The lowest BCUT2D eigenvalue weighted by molar-refractivity contribution is 0.218. The number of hydrogen-bond donors (Lipinski definition) is 3. The number of hydrogen-bond acceptors (Lipinski definition) is 4. The SMILES string of the molecule is NC(=O)N(CCO)[SH](=O)=O. The second-order valence-electron chi connectivity index (χ2n) is 1.42. The van der Waals surface area contributed by atoms with Gasteiger partial charge in [0, 0.05) is 0 Å². The smallest absolute Gasteiger partial charge is 0.328 e. The van der Waals surface area contributed by atoms with Crippen molar-refractivity contribution in [2.45, 2.75) is 0 Å². The summed E-state index contributed by atoms with van der Waals surface area (Å²) in [6.07, 6.45) is 0. The van der Waals surface area contributed by atoms with Gasteiger partial charge >= 0.3 is 6.03 Å². The molecule has 0 aromatic rings. The third-order valence-electron chi connectivity index (χ3n) is 0.763. The lowest BCUT2D eigenvalue weighted by Gasteiger charge is -2.08. The van der Waals surface area contributed by atoms with Crippen LogP contribution in [0.2, 0.25) is 0 Å². The number of carbonyl (C=O) groups is 1. The molecule has 0 unspecified atom stereocenters. The summed E-state index contributed by atoms with van der Waals surface area (Å²) in [5.74, 6) is 0. The van der Waals surface area contributed by atoms with Gasteiger partial charge in [-0.1, -0.05) is 0 Å². The molecule has 7 heteroatoms. The van der Waals surface area contributed by atoms with E-state index in [2.05, 4.69) is 5.73 Å². The molecule has 0 spiro atoms. The average Bonchev–Trinajstić information content (AvgIpc) is 1.81. The molecule has 0 aromatic carbocycles. The summed E-state index contributed by atoms with van der Waals surface area (Å²) >= 11 is 0. The number of carbonyl (C=O) groups excluding carboxylic acids is 1. The summed E-state index contributed by atoms with van der Waals surface area (Å²) < 4.78 is 20.5. The number of aliphatic hydroxyl groups excluding tert-OH is 1. The number of primary amides is 1. The number of nitrogens with zero attached hydrogens (tertiary/aromatic N) is 1. The first-order chi connectivity index (χ1) is 4.59. The van der Waals surface area contributed by atoms with E-state index >= 15 is 0 Å². The first kappa shape index (κ1) is 9.18. The quantitative estimate of drug-likeness (QED) is 0.419. The van der Waals surface area contributed by atoms with Gasteiger partial charge in [-0.05, 0) is 0 Å². The lowest BCUT2D eigenvalue weighted by Crippen LogP contribution is -2.36. The van der Waals surface area contributed by atoms with Gasteiger partial charge in [0.1, 0.15) is 0 Å². The lowest BCUT2D eigenvalue weighted by atomic mass is 10.7. The van der Waals surface area contributed by atoms with Gasteiger partial charge in [-0.25, -0.2) is 17.5 Å². The van der Waals surface area contributed by atoms with Crippen LogP contribution in [0.3, 0.4) is 0 Å². The maximum atomic E-state index is 10.2. The van der Waals surface area contributed by atoms with Crippen LogP contribution in [0.5, 0.6) is 0 Å². The Balaban J connectivity index is 4.12. The van der Waals surface area contributed by atoms with Crippen LogP contribution in [-0.4, -0.2) is 37.0 Å². The summed E-state index contributed by atoms with van der Waals surface area (Å²) in [5.41, 5.74) is 4.62. The molecule has 0 aromatic heterocycles. The molecule has 60 valence electrons. The molecule has 0 rings (SSSR count). The molecule has 0 aliphatic carbocycles. The summed E-state index contributed by atoms with van der Waals surface area (Å²) in [6.45, 7) is -0.708. The molecule has 3 N–H and O–H groups in total. The Morgan fingerprint density at radius 2 is 2.10 bits per heavy atom. The first-order valence-electron chi connectivity index (χ1n) is 2.41. The fourth-order valence-corrected chi connectivity index (χ4v) is 0.781. The molecule has 0 bridgehead atoms. The minimum Gasteiger partial charge on any atom is -0.394 e. The van der Waals surface area contributed by atoms with Crippen molar-refractivity contribution in [1.29, 1.82) is 0 Å². The molecular weight excluding hydrogens is 160 g/mol. The van der Waals surface area contributed by atoms with Crippen LogP contribution < -0.4 is 5.73 Å². The highest BCUT2D eigenvalue weighted by atomic mass is 32.2. The summed E-state index contributed by atoms with van der Waals surface area (Å²) in [4.78, 5) is 10.2. The van der Waals surface area contributed by atoms with Crippen LogP contribution in [0.25, 0.3) is 0 Å². The fraction of sp³-hybridized carbons (Fsp3) is 0.667. The zero-order valence-electron chi connectivity index (χ0n) is 5.06. The van der Waals surface area contributed by atoms with E-state index in [0.717, 1.165) is 0 Å². The maximum absolute atomic E-state index is 10.2. The van der Waals surface area contributed by atoms with Crippen molar-refractivity contribution in [1.82, 2.24) is 4.31 Å². The highest BCUT2D eigenvalue weighted by molar-refractivity contribution is 7.70. The number of amides is 2. The third kappa shape index (κ3) is 2.65. The number of nitrogens with two attached hydrogens (primary N) is 1. The summed E-state index contributed by atoms with van der Waals surface area (Å²) in [7, 11) is -3.01. The maximum Gasteiger partial charge on any atom is 0.328 e. The highest BCUT2D eigenvalue weighted by Crippen LogP contribution is 1.84. The van der Waals surface area contributed by atoms with Gasteiger partial charge in [0.05, 0.1) is 13.2 Å². The van der Waals surface area contributed by atoms with Crippen molar-refractivity contribution in [2.75, 3.05) is 13.2 Å². The molecule has 0 aliphatic heterocycles. The zero-order chi connectivity index (χ0) is 8.15. The second-order valence-corrected chi connectivity index (χ2v) is 2.38. The van der Waals surface area contributed by atoms with E-state index in [4.69, 9.17) is 5.11 Å². The van der Waals surface area contributed by atoms with E-state index in [1.807, 2.05) is 0 Å². The van der Waals surface area contributed by atoms with Crippen molar-refractivity contribution >= 4 is 16.9 Å². The van der Waals surface area contributed by atoms with E-state index < -0.39 is 23.5 Å². The second kappa shape index (κ2) is 4.07. The van der Waals surface area contributed by atoms with E-state index in [1.54, 1.807) is 0 Å². The monoisotopic (exact) mass is 168 g/mol. The van der Waals surface area contributed by atoms with Crippen LogP contribution in [0, 0.1) is 0 Å². The Bertz CT molecular complexity index is 181. The number of aliphatic hydroxyl groups is 1. The Morgan fingerprint density at radius 3 is 2.20 bits per heavy atom. The Morgan fingerprint density at radius 1 is 1.60 bits per heavy atom. The molecule has 0 saturated heterocycles. The molecule has 0 atom stereocenters. The van der Waals surface area contributed by atoms with Crippen molar-refractivity contribution < 1.29 is 18.3 Å². The molecule has 10 heavy (non-hydrogen) atoms. The Labute approximate surface area is 59.3 Å². The minimum absolute atomic E-state index is 0.284. The van der Waals surface area contributed by atoms with Gasteiger partial charge in [0.25, 0.3) is 0 Å². The zero-order valence-corrected chi connectivity index (χ0v) is 5.95. The predicted molar refractivity (Wildman–Crippen MR) is 33.7 cm³/mol. The number of rotatable bonds is 3. The van der Waals surface area contributed by atoms with Gasteiger partial charge in [-0.15, -0.1) is 0 Å². The molecule has 2 amide bonds. The van der Waals surface area contributed by atoms with Crippen LogP contribution in [0.1, 0.15) is 0 Å². The standard InChI is InChI=1S/C3H8N2O4S/c4-3(7)5(1-2-6)10(8)9/h6,10H,1-2H2,(H2,4,7). The Kier molecular flexibility index (Phi) is 3.74. The average molecular weight is 168 g/mol. The predicted octanol–water partition coefficient (Wildman–Crippen LogP) is -2.11. The molecular formula is C3H8N2O4S. The van der Waals surface area contributed by atoms with Crippen LogP contribution in [-0.2, 0) is 10.9 Å². The Hall–Kier alpha value is -0.820. The number of urea groups is 1. The topological polar surface area (TPSA) is 101 Å². The third-order valence-corrected chi connectivity index (χ3v) is 1.55. The largest absolute Gasteiger partial charge is 0.394 e. The summed E-state index contributed by atoms with van der Waals surface area (Å²) in [6, 6.07) is -1.08. The number of thiol groups is 1. The molecule has 0 radical (unpaired) electrons. The summed E-state index contributed by atoms with van der Waals surface area (Å²) in [5, 5.41) is 8.22. The van der Waals surface area contributed by atoms with Gasteiger partial charge in [0.15, 0.2) is 0 Å². The minimum atomic E-state index is -3.01. The van der Waals surface area contributed by atoms with E-state index in [1.165, 1.54) is 0 Å². The highest BCUT2D eigenvalue weighted by Gasteiger charge is 2.09.